The number of carbonyl (C=O) groups is 2. The molecule has 2 amide bonds. The van der Waals surface area contributed by atoms with Crippen LogP contribution in [0, 0.1) is 0 Å². The van der Waals surface area contributed by atoms with Gasteiger partial charge in [-0.15, -0.1) is 11.3 Å². The Balaban J connectivity index is 1.86. The van der Waals surface area contributed by atoms with Crippen molar-refractivity contribution in [2.75, 3.05) is 46.8 Å². The average molecular weight is 310 g/mol. The van der Waals surface area contributed by atoms with Crippen LogP contribution in [0.4, 0.5) is 0 Å². The first-order chi connectivity index (χ1) is 9.99. The van der Waals surface area contributed by atoms with Crippen molar-refractivity contribution in [2.24, 2.45) is 5.73 Å². The monoisotopic (exact) mass is 310 g/mol. The molecule has 21 heavy (non-hydrogen) atoms. The van der Waals surface area contributed by atoms with Gasteiger partial charge in [-0.1, -0.05) is 6.07 Å². The molecule has 0 bridgehead atoms. The number of amides is 2. The second-order valence-corrected chi connectivity index (χ2v) is 6.42. The van der Waals surface area contributed by atoms with Crippen molar-refractivity contribution in [1.82, 2.24) is 14.7 Å². The maximum Gasteiger partial charge on any atom is 0.245 e. The molecule has 2 N–H and O–H groups in total. The normalized spacial score (nSPS) is 17.1. The van der Waals surface area contributed by atoms with Gasteiger partial charge in [-0.3, -0.25) is 9.59 Å². The van der Waals surface area contributed by atoms with E-state index in [1.807, 2.05) is 36.5 Å². The van der Waals surface area contributed by atoms with Crippen molar-refractivity contribution in [3.63, 3.8) is 0 Å². The molecule has 0 aliphatic carbocycles. The van der Waals surface area contributed by atoms with E-state index in [0.29, 0.717) is 32.7 Å². The van der Waals surface area contributed by atoms with Crippen molar-refractivity contribution in [1.29, 1.82) is 0 Å². The number of nitrogens with two attached hydrogens (primary N) is 1. The highest BCUT2D eigenvalue weighted by atomic mass is 32.1. The van der Waals surface area contributed by atoms with E-state index in [4.69, 9.17) is 5.73 Å². The van der Waals surface area contributed by atoms with Gasteiger partial charge in [0.25, 0.3) is 0 Å². The van der Waals surface area contributed by atoms with Gasteiger partial charge in [-0.25, -0.2) is 0 Å². The van der Waals surface area contributed by atoms with Crippen LogP contribution in [0.3, 0.4) is 0 Å². The summed E-state index contributed by atoms with van der Waals surface area (Å²) in [5.74, 6) is 0.0480. The third-order valence-electron chi connectivity index (χ3n) is 3.51. The molecule has 1 unspecified atom stereocenters. The summed E-state index contributed by atoms with van der Waals surface area (Å²) in [5, 5.41) is 1.92. The molecule has 7 heteroatoms. The predicted molar refractivity (Wildman–Crippen MR) is 83.0 cm³/mol. The van der Waals surface area contributed by atoms with E-state index >= 15 is 0 Å². The highest BCUT2D eigenvalue weighted by Gasteiger charge is 2.28. The molecular formula is C14H22N4O2S. The maximum absolute atomic E-state index is 12.3. The zero-order valence-corrected chi connectivity index (χ0v) is 13.3. The van der Waals surface area contributed by atoms with Crippen molar-refractivity contribution >= 4 is 23.2 Å². The Kier molecular flexibility index (Phi) is 5.33. The Morgan fingerprint density at radius 1 is 1.29 bits per heavy atom. The van der Waals surface area contributed by atoms with Gasteiger partial charge in [0, 0.05) is 31.1 Å². The van der Waals surface area contributed by atoms with Gasteiger partial charge in [0.1, 0.15) is 6.04 Å². The lowest BCUT2D eigenvalue weighted by Gasteiger charge is -2.36. The molecule has 0 radical (unpaired) electrons. The van der Waals surface area contributed by atoms with Crippen LogP contribution in [0.1, 0.15) is 10.9 Å². The lowest BCUT2D eigenvalue weighted by Crippen LogP contribution is -2.53. The fourth-order valence-corrected chi connectivity index (χ4v) is 3.05. The summed E-state index contributed by atoms with van der Waals surface area (Å²) in [7, 11) is 3.75. The standard InChI is InChI=1S/C14H22N4O2S/c1-16(2)10-12(19)17-5-7-18(8-6-17)14(20)13(15)11-4-3-9-21-11/h3-4,9,13H,5-8,10,15H2,1-2H3. The van der Waals surface area contributed by atoms with Gasteiger partial charge >= 0.3 is 0 Å². The zero-order chi connectivity index (χ0) is 15.4. The second-order valence-electron chi connectivity index (χ2n) is 5.44. The molecule has 6 nitrogen and oxygen atoms in total. The largest absolute Gasteiger partial charge is 0.338 e. The van der Waals surface area contributed by atoms with Gasteiger partial charge < -0.3 is 20.4 Å². The Morgan fingerprint density at radius 2 is 1.90 bits per heavy atom. The molecule has 1 aromatic rings. The Labute approximate surface area is 129 Å². The molecule has 116 valence electrons. The van der Waals surface area contributed by atoms with Crippen LogP contribution in [0.15, 0.2) is 17.5 Å². The molecule has 1 aromatic heterocycles. The minimum atomic E-state index is -0.589. The molecule has 0 aromatic carbocycles. The SMILES string of the molecule is CN(C)CC(=O)N1CCN(C(=O)C(N)c2cccs2)CC1. The summed E-state index contributed by atoms with van der Waals surface area (Å²) in [6, 6.07) is 3.18. The van der Waals surface area contributed by atoms with Crippen LogP contribution in [-0.2, 0) is 9.59 Å². The lowest BCUT2D eigenvalue weighted by molar-refractivity contribution is -0.140. The number of piperazine rings is 1. The molecule has 2 rings (SSSR count). The van der Waals surface area contributed by atoms with Crippen LogP contribution >= 0.6 is 11.3 Å². The number of carbonyl (C=O) groups excluding carboxylic acids is 2. The average Bonchev–Trinajstić information content (AvgIpc) is 2.99. The summed E-state index contributed by atoms with van der Waals surface area (Å²) in [5.41, 5.74) is 6.01. The van der Waals surface area contributed by atoms with Crippen LogP contribution in [-0.4, -0.2) is 73.3 Å². The quantitative estimate of drug-likeness (QED) is 0.848. The summed E-state index contributed by atoms with van der Waals surface area (Å²) in [6.45, 7) is 2.67. The molecule has 1 fully saturated rings. The highest BCUT2D eigenvalue weighted by Crippen LogP contribution is 2.19. The van der Waals surface area contributed by atoms with E-state index in [1.165, 1.54) is 11.3 Å². The van der Waals surface area contributed by atoms with Gasteiger partial charge in [0.2, 0.25) is 11.8 Å². The lowest BCUT2D eigenvalue weighted by atomic mass is 10.2. The molecule has 2 heterocycles. The fourth-order valence-electron chi connectivity index (χ4n) is 2.33. The maximum atomic E-state index is 12.3. The van der Waals surface area contributed by atoms with Gasteiger partial charge in [-0.2, -0.15) is 0 Å². The van der Waals surface area contributed by atoms with E-state index in [-0.39, 0.29) is 11.8 Å². The molecule has 1 atom stereocenters. The van der Waals surface area contributed by atoms with Crippen LogP contribution < -0.4 is 5.73 Å². The first kappa shape index (κ1) is 15.9. The van der Waals surface area contributed by atoms with E-state index < -0.39 is 6.04 Å². The number of hydrogen-bond acceptors (Lipinski definition) is 5. The van der Waals surface area contributed by atoms with E-state index in [1.54, 1.807) is 9.80 Å². The first-order valence-corrected chi connectivity index (χ1v) is 7.87. The van der Waals surface area contributed by atoms with Crippen LogP contribution in [0.5, 0.6) is 0 Å². The zero-order valence-electron chi connectivity index (χ0n) is 12.5. The van der Waals surface area contributed by atoms with Crippen molar-refractivity contribution in [3.8, 4) is 0 Å². The topological polar surface area (TPSA) is 69.9 Å². The second kappa shape index (κ2) is 7.02. The number of thiophene rings is 1. The number of nitrogens with zero attached hydrogens (tertiary/aromatic N) is 3. The third kappa shape index (κ3) is 4.03. The first-order valence-electron chi connectivity index (χ1n) is 6.99. The molecule has 0 spiro atoms. The van der Waals surface area contributed by atoms with E-state index in [0.717, 1.165) is 4.88 Å². The highest BCUT2D eigenvalue weighted by molar-refractivity contribution is 7.10. The number of hydrogen-bond donors (Lipinski definition) is 1. The van der Waals surface area contributed by atoms with Gasteiger partial charge in [-0.05, 0) is 25.5 Å². The van der Waals surface area contributed by atoms with Crippen molar-refractivity contribution in [2.45, 2.75) is 6.04 Å². The predicted octanol–water partition coefficient (Wildman–Crippen LogP) is -0.0197. The van der Waals surface area contributed by atoms with E-state index in [9.17, 15) is 9.59 Å². The minimum Gasteiger partial charge on any atom is -0.338 e. The fraction of sp³-hybridized carbons (Fsp3) is 0.571. The smallest absolute Gasteiger partial charge is 0.245 e. The Bertz CT molecular complexity index is 481. The minimum absolute atomic E-state index is 0.0582. The summed E-state index contributed by atoms with van der Waals surface area (Å²) >= 11 is 1.49. The molecule has 1 aliphatic heterocycles. The molecule has 0 saturated carbocycles. The summed E-state index contributed by atoms with van der Waals surface area (Å²) in [4.78, 5) is 30.6. The van der Waals surface area contributed by atoms with Gasteiger partial charge in [0.15, 0.2) is 0 Å². The Hall–Kier alpha value is -1.44. The van der Waals surface area contributed by atoms with Crippen LogP contribution in [0.2, 0.25) is 0 Å². The Morgan fingerprint density at radius 3 is 2.43 bits per heavy atom. The van der Waals surface area contributed by atoms with Crippen molar-refractivity contribution < 1.29 is 9.59 Å². The number of likely N-dealkylation sites (N-methyl/N-ethyl adjacent to an activating group) is 1. The van der Waals surface area contributed by atoms with Crippen molar-refractivity contribution in [3.05, 3.63) is 22.4 Å². The number of rotatable bonds is 4. The molecule has 1 saturated heterocycles. The summed E-state index contributed by atoms with van der Waals surface area (Å²) in [6.07, 6.45) is 0. The van der Waals surface area contributed by atoms with Gasteiger partial charge in [0.05, 0.1) is 6.54 Å². The molecule has 1 aliphatic rings. The van der Waals surface area contributed by atoms with E-state index in [2.05, 4.69) is 0 Å². The molecular weight excluding hydrogens is 288 g/mol. The summed E-state index contributed by atoms with van der Waals surface area (Å²) < 4.78 is 0. The van der Waals surface area contributed by atoms with Crippen LogP contribution in [0.25, 0.3) is 0 Å². The third-order valence-corrected chi connectivity index (χ3v) is 4.47.